The Morgan fingerprint density at radius 1 is 1.52 bits per heavy atom. The number of benzene rings is 1. The van der Waals surface area contributed by atoms with Gasteiger partial charge < -0.3 is 10.1 Å². The zero-order valence-corrected chi connectivity index (χ0v) is 12.2. The molecule has 2 rings (SSSR count). The molecule has 1 heterocycles. The predicted octanol–water partition coefficient (Wildman–Crippen LogP) is 2.95. The molecular weight excluding hydrogens is 297 g/mol. The summed E-state index contributed by atoms with van der Waals surface area (Å²) >= 11 is 5.75. The van der Waals surface area contributed by atoms with Crippen LogP contribution in [0.15, 0.2) is 30.6 Å². The molecule has 1 aromatic carbocycles. The minimum Gasteiger partial charge on any atom is -0.453 e. The third kappa shape index (κ3) is 4.19. The average Bonchev–Trinajstić information content (AvgIpc) is 2.95. The summed E-state index contributed by atoms with van der Waals surface area (Å²) in [6.07, 6.45) is 4.67. The normalized spacial score (nSPS) is 10.4. The standard InChI is InChI=1S/C14H15ClFN3O2/c1-21-14(20)17-6-2-3-10-8-18-19(9-10)11-4-5-13(16)12(15)7-11/h4-5,7-9H,2-3,6H2,1H3,(H,17,20). The maximum absolute atomic E-state index is 13.1. The highest BCUT2D eigenvalue weighted by Gasteiger charge is 2.05. The number of aromatic nitrogens is 2. The number of hydrogen-bond donors (Lipinski definition) is 1. The van der Waals surface area contributed by atoms with Gasteiger partial charge in [-0.25, -0.2) is 13.9 Å². The first kappa shape index (κ1) is 15.3. The van der Waals surface area contributed by atoms with Crippen LogP contribution in [0.2, 0.25) is 5.02 Å². The van der Waals surface area contributed by atoms with Crippen LogP contribution < -0.4 is 5.32 Å². The van der Waals surface area contributed by atoms with Gasteiger partial charge in [0.05, 0.1) is 24.0 Å². The molecule has 7 heteroatoms. The van der Waals surface area contributed by atoms with Crippen LogP contribution in [0.5, 0.6) is 0 Å². The van der Waals surface area contributed by atoms with Crippen molar-refractivity contribution in [1.82, 2.24) is 15.1 Å². The van der Waals surface area contributed by atoms with Gasteiger partial charge in [0, 0.05) is 12.7 Å². The summed E-state index contributed by atoms with van der Waals surface area (Å²) in [6, 6.07) is 4.43. The van der Waals surface area contributed by atoms with Crippen LogP contribution in [0.25, 0.3) is 5.69 Å². The molecule has 21 heavy (non-hydrogen) atoms. The molecule has 1 aromatic heterocycles. The van der Waals surface area contributed by atoms with Crippen molar-refractivity contribution in [2.75, 3.05) is 13.7 Å². The molecular formula is C14H15ClFN3O2. The van der Waals surface area contributed by atoms with E-state index in [2.05, 4.69) is 15.2 Å². The van der Waals surface area contributed by atoms with Crippen LogP contribution in [0.1, 0.15) is 12.0 Å². The van der Waals surface area contributed by atoms with Gasteiger partial charge in [0.2, 0.25) is 0 Å². The van der Waals surface area contributed by atoms with Crippen LogP contribution in [0, 0.1) is 5.82 Å². The van der Waals surface area contributed by atoms with Gasteiger partial charge in [-0.15, -0.1) is 0 Å². The summed E-state index contributed by atoms with van der Waals surface area (Å²) < 4.78 is 19.2. The second kappa shape index (κ2) is 7.08. The molecule has 5 nitrogen and oxygen atoms in total. The predicted molar refractivity (Wildman–Crippen MR) is 77.3 cm³/mol. The summed E-state index contributed by atoms with van der Waals surface area (Å²) in [5.41, 5.74) is 1.71. The van der Waals surface area contributed by atoms with Crippen LogP contribution >= 0.6 is 11.6 Å². The van der Waals surface area contributed by atoms with E-state index in [-0.39, 0.29) is 5.02 Å². The van der Waals surface area contributed by atoms with E-state index >= 15 is 0 Å². The smallest absolute Gasteiger partial charge is 0.406 e. The van der Waals surface area contributed by atoms with Gasteiger partial charge in [-0.2, -0.15) is 5.10 Å². The van der Waals surface area contributed by atoms with Crippen molar-refractivity contribution in [1.29, 1.82) is 0 Å². The number of methoxy groups -OCH3 is 1. The number of aryl methyl sites for hydroxylation is 1. The Morgan fingerprint density at radius 3 is 3.05 bits per heavy atom. The van der Waals surface area contributed by atoms with Crippen LogP contribution in [0.4, 0.5) is 9.18 Å². The first-order chi connectivity index (χ1) is 10.1. The van der Waals surface area contributed by atoms with E-state index in [9.17, 15) is 9.18 Å². The first-order valence-corrected chi connectivity index (χ1v) is 6.78. The number of nitrogens with zero attached hydrogens (tertiary/aromatic N) is 2. The SMILES string of the molecule is COC(=O)NCCCc1cnn(-c2ccc(F)c(Cl)c2)c1. The van der Waals surface area contributed by atoms with Gasteiger partial charge in [0.25, 0.3) is 0 Å². The number of rotatable bonds is 5. The van der Waals surface area contributed by atoms with E-state index < -0.39 is 11.9 Å². The van der Waals surface area contributed by atoms with Crippen molar-refractivity contribution in [3.05, 3.63) is 47.0 Å². The van der Waals surface area contributed by atoms with E-state index in [0.29, 0.717) is 12.2 Å². The third-order valence-electron chi connectivity index (χ3n) is 2.90. The highest BCUT2D eigenvalue weighted by molar-refractivity contribution is 6.30. The Morgan fingerprint density at radius 2 is 2.33 bits per heavy atom. The fourth-order valence-electron chi connectivity index (χ4n) is 1.81. The molecule has 0 unspecified atom stereocenters. The van der Waals surface area contributed by atoms with Crippen LogP contribution in [-0.2, 0) is 11.2 Å². The molecule has 0 saturated heterocycles. The molecule has 0 aliphatic rings. The molecule has 0 bridgehead atoms. The van der Waals surface area contributed by atoms with Crippen LogP contribution in [-0.4, -0.2) is 29.5 Å². The summed E-state index contributed by atoms with van der Waals surface area (Å²) in [5.74, 6) is -0.457. The molecule has 0 fully saturated rings. The average molecular weight is 312 g/mol. The van der Waals surface area contributed by atoms with Crippen molar-refractivity contribution in [2.45, 2.75) is 12.8 Å². The molecule has 0 saturated carbocycles. The molecule has 112 valence electrons. The van der Waals surface area contributed by atoms with Crippen molar-refractivity contribution in [3.63, 3.8) is 0 Å². The van der Waals surface area contributed by atoms with E-state index in [1.54, 1.807) is 16.9 Å². The first-order valence-electron chi connectivity index (χ1n) is 6.41. The number of ether oxygens (including phenoxy) is 1. The fraction of sp³-hybridized carbons (Fsp3) is 0.286. The summed E-state index contributed by atoms with van der Waals surface area (Å²) in [4.78, 5) is 10.9. The zero-order chi connectivity index (χ0) is 15.2. The lowest BCUT2D eigenvalue weighted by Gasteiger charge is -2.03. The minimum atomic E-state index is -0.457. The second-order valence-corrected chi connectivity index (χ2v) is 4.82. The lowest BCUT2D eigenvalue weighted by Crippen LogP contribution is -2.24. The highest BCUT2D eigenvalue weighted by Crippen LogP contribution is 2.18. The lowest BCUT2D eigenvalue weighted by molar-refractivity contribution is 0.171. The molecule has 0 aliphatic heterocycles. The largest absolute Gasteiger partial charge is 0.453 e. The van der Waals surface area contributed by atoms with Gasteiger partial charge in [0.1, 0.15) is 5.82 Å². The highest BCUT2D eigenvalue weighted by atomic mass is 35.5. The Hall–Kier alpha value is -2.08. The number of amides is 1. The number of alkyl carbamates (subject to hydrolysis) is 1. The number of hydrogen-bond acceptors (Lipinski definition) is 3. The molecule has 2 aromatic rings. The number of carbonyl (C=O) groups excluding carboxylic acids is 1. The van der Waals surface area contributed by atoms with Gasteiger partial charge in [-0.1, -0.05) is 11.6 Å². The number of carbonyl (C=O) groups is 1. The van der Waals surface area contributed by atoms with Gasteiger partial charge in [-0.3, -0.25) is 0 Å². The molecule has 1 N–H and O–H groups in total. The Kier molecular flexibility index (Phi) is 5.16. The van der Waals surface area contributed by atoms with Crippen molar-refractivity contribution < 1.29 is 13.9 Å². The van der Waals surface area contributed by atoms with Gasteiger partial charge in [-0.05, 0) is 36.6 Å². The van der Waals surface area contributed by atoms with Crippen molar-refractivity contribution >= 4 is 17.7 Å². The second-order valence-electron chi connectivity index (χ2n) is 4.41. The summed E-state index contributed by atoms with van der Waals surface area (Å²) in [6.45, 7) is 0.528. The monoisotopic (exact) mass is 311 g/mol. The van der Waals surface area contributed by atoms with Crippen molar-refractivity contribution in [3.8, 4) is 5.69 Å². The lowest BCUT2D eigenvalue weighted by atomic mass is 10.2. The van der Waals surface area contributed by atoms with Crippen molar-refractivity contribution in [2.24, 2.45) is 0 Å². The van der Waals surface area contributed by atoms with E-state index in [0.717, 1.165) is 18.4 Å². The van der Waals surface area contributed by atoms with Gasteiger partial charge in [0.15, 0.2) is 0 Å². The molecule has 0 aliphatic carbocycles. The van der Waals surface area contributed by atoms with E-state index in [4.69, 9.17) is 11.6 Å². The maximum Gasteiger partial charge on any atom is 0.406 e. The molecule has 0 radical (unpaired) electrons. The zero-order valence-electron chi connectivity index (χ0n) is 11.5. The quantitative estimate of drug-likeness (QED) is 0.864. The number of nitrogens with one attached hydrogen (secondary N) is 1. The Labute approximate surface area is 126 Å². The van der Waals surface area contributed by atoms with E-state index in [1.807, 2.05) is 6.20 Å². The Balaban J connectivity index is 1.92. The fourth-order valence-corrected chi connectivity index (χ4v) is 1.99. The third-order valence-corrected chi connectivity index (χ3v) is 3.19. The topological polar surface area (TPSA) is 56.1 Å². The maximum atomic E-state index is 13.1. The number of halogens is 2. The van der Waals surface area contributed by atoms with Gasteiger partial charge >= 0.3 is 6.09 Å². The minimum absolute atomic E-state index is 0.0619. The molecule has 1 amide bonds. The molecule has 0 atom stereocenters. The summed E-state index contributed by atoms with van der Waals surface area (Å²) in [7, 11) is 1.33. The molecule has 0 spiro atoms. The summed E-state index contributed by atoms with van der Waals surface area (Å²) in [5, 5.41) is 6.88. The van der Waals surface area contributed by atoms with E-state index in [1.165, 1.54) is 19.2 Å². The van der Waals surface area contributed by atoms with Crippen LogP contribution in [0.3, 0.4) is 0 Å². The Bertz CT molecular complexity index is 630.